The van der Waals surface area contributed by atoms with E-state index in [4.69, 9.17) is 5.73 Å². The van der Waals surface area contributed by atoms with Crippen molar-refractivity contribution in [1.29, 1.82) is 0 Å². The van der Waals surface area contributed by atoms with Crippen LogP contribution in [0.3, 0.4) is 0 Å². The van der Waals surface area contributed by atoms with E-state index in [9.17, 15) is 4.39 Å². The topological polar surface area (TPSA) is 50.9 Å². The largest absolute Gasteiger partial charge is 0.397 e. The van der Waals surface area contributed by atoms with E-state index in [0.717, 1.165) is 5.56 Å². The minimum atomic E-state index is -0.218. The van der Waals surface area contributed by atoms with Crippen LogP contribution in [0.4, 0.5) is 15.9 Å². The fourth-order valence-corrected chi connectivity index (χ4v) is 1.77. The van der Waals surface area contributed by atoms with Gasteiger partial charge in [0.05, 0.1) is 17.9 Å². The maximum Gasteiger partial charge on any atom is 0.128 e. The number of pyridine rings is 1. The number of nitrogens with two attached hydrogens (primary N) is 1. The van der Waals surface area contributed by atoms with Crippen molar-refractivity contribution < 1.29 is 4.39 Å². The zero-order valence-corrected chi connectivity index (χ0v) is 10.4. The van der Waals surface area contributed by atoms with Crippen LogP contribution in [0.15, 0.2) is 36.5 Å². The normalized spacial score (nSPS) is 12.2. The van der Waals surface area contributed by atoms with Crippen LogP contribution in [0.25, 0.3) is 0 Å². The van der Waals surface area contributed by atoms with Crippen LogP contribution in [0.1, 0.15) is 24.1 Å². The molecule has 0 saturated heterocycles. The number of halogens is 1. The number of nitrogens with one attached hydrogen (secondary N) is 1. The molecule has 1 unspecified atom stereocenters. The van der Waals surface area contributed by atoms with Crippen LogP contribution in [-0.4, -0.2) is 4.98 Å². The van der Waals surface area contributed by atoms with Crippen molar-refractivity contribution in [3.63, 3.8) is 0 Å². The molecule has 1 atom stereocenters. The summed E-state index contributed by atoms with van der Waals surface area (Å²) < 4.78 is 13.6. The Bertz CT molecular complexity index is 554. The van der Waals surface area contributed by atoms with Crippen molar-refractivity contribution in [3.05, 3.63) is 53.5 Å². The van der Waals surface area contributed by atoms with Gasteiger partial charge in [-0.05, 0) is 31.5 Å². The Morgan fingerprint density at radius 3 is 2.72 bits per heavy atom. The Morgan fingerprint density at radius 1 is 1.33 bits per heavy atom. The molecule has 94 valence electrons. The molecule has 0 spiro atoms. The summed E-state index contributed by atoms with van der Waals surface area (Å²) in [7, 11) is 0. The van der Waals surface area contributed by atoms with Crippen molar-refractivity contribution in [1.82, 2.24) is 4.98 Å². The lowest BCUT2D eigenvalue weighted by atomic mass is 10.1. The van der Waals surface area contributed by atoms with Gasteiger partial charge < -0.3 is 11.1 Å². The summed E-state index contributed by atoms with van der Waals surface area (Å²) in [6, 6.07) is 8.41. The van der Waals surface area contributed by atoms with Crippen molar-refractivity contribution in [3.8, 4) is 0 Å². The summed E-state index contributed by atoms with van der Waals surface area (Å²) in [6.07, 6.45) is 1.60. The highest BCUT2D eigenvalue weighted by Gasteiger charge is 2.10. The lowest BCUT2D eigenvalue weighted by Crippen LogP contribution is -2.10. The van der Waals surface area contributed by atoms with Gasteiger partial charge in [-0.15, -0.1) is 0 Å². The molecule has 0 fully saturated rings. The number of hydrogen-bond acceptors (Lipinski definition) is 3. The summed E-state index contributed by atoms with van der Waals surface area (Å²) in [4.78, 5) is 4.18. The SMILES string of the molecule is Cc1cc(NC(C)c2ccccc2F)ncc1N. The molecule has 1 aromatic carbocycles. The molecule has 3 N–H and O–H groups in total. The number of nitrogen functional groups attached to an aromatic ring is 1. The van der Waals surface area contributed by atoms with Crippen LogP contribution in [0.5, 0.6) is 0 Å². The summed E-state index contributed by atoms with van der Waals surface area (Å²) in [6.45, 7) is 3.81. The Balaban J connectivity index is 2.19. The maximum absolute atomic E-state index is 13.6. The summed E-state index contributed by atoms with van der Waals surface area (Å²) >= 11 is 0. The standard InChI is InChI=1S/C14H16FN3/c1-9-7-14(17-8-13(9)16)18-10(2)11-5-3-4-6-12(11)15/h3-8,10H,16H2,1-2H3,(H,17,18). The van der Waals surface area contributed by atoms with Gasteiger partial charge >= 0.3 is 0 Å². The summed E-state index contributed by atoms with van der Waals surface area (Å²) in [5.74, 6) is 0.474. The molecule has 0 amide bonds. The molecular formula is C14H16FN3. The molecular weight excluding hydrogens is 229 g/mol. The second-order valence-electron chi connectivity index (χ2n) is 4.31. The third-order valence-electron chi connectivity index (χ3n) is 2.89. The van der Waals surface area contributed by atoms with E-state index < -0.39 is 0 Å². The molecule has 3 nitrogen and oxygen atoms in total. The van der Waals surface area contributed by atoms with Crippen molar-refractivity contribution in [2.45, 2.75) is 19.9 Å². The lowest BCUT2D eigenvalue weighted by Gasteiger charge is -2.16. The number of rotatable bonds is 3. The van der Waals surface area contributed by atoms with Crippen LogP contribution < -0.4 is 11.1 Å². The van der Waals surface area contributed by atoms with Gasteiger partial charge in [-0.1, -0.05) is 18.2 Å². The molecule has 0 aliphatic heterocycles. The van der Waals surface area contributed by atoms with E-state index in [2.05, 4.69) is 10.3 Å². The summed E-state index contributed by atoms with van der Waals surface area (Å²) in [5.41, 5.74) is 7.93. The van der Waals surface area contributed by atoms with Gasteiger partial charge in [0, 0.05) is 5.56 Å². The van der Waals surface area contributed by atoms with E-state index in [0.29, 0.717) is 17.1 Å². The van der Waals surface area contributed by atoms with Crippen LogP contribution in [-0.2, 0) is 0 Å². The van der Waals surface area contributed by atoms with Gasteiger partial charge in [0.1, 0.15) is 11.6 Å². The number of anilines is 2. The van der Waals surface area contributed by atoms with Gasteiger partial charge in [-0.2, -0.15) is 0 Å². The highest BCUT2D eigenvalue weighted by Crippen LogP contribution is 2.21. The number of benzene rings is 1. The Hall–Kier alpha value is -2.10. The maximum atomic E-state index is 13.6. The van der Waals surface area contributed by atoms with Gasteiger partial charge in [0.25, 0.3) is 0 Å². The predicted molar refractivity (Wildman–Crippen MR) is 71.8 cm³/mol. The number of aryl methyl sites for hydroxylation is 1. The number of nitrogens with zero attached hydrogens (tertiary/aromatic N) is 1. The molecule has 1 heterocycles. The van der Waals surface area contributed by atoms with Gasteiger partial charge in [0.15, 0.2) is 0 Å². The molecule has 2 aromatic rings. The second kappa shape index (κ2) is 5.04. The second-order valence-corrected chi connectivity index (χ2v) is 4.31. The van der Waals surface area contributed by atoms with Gasteiger partial charge in [0.2, 0.25) is 0 Å². The number of hydrogen-bond donors (Lipinski definition) is 2. The minimum absolute atomic E-state index is 0.151. The average molecular weight is 245 g/mol. The molecule has 0 radical (unpaired) electrons. The van der Waals surface area contributed by atoms with Crippen LogP contribution in [0.2, 0.25) is 0 Å². The first-order chi connectivity index (χ1) is 8.58. The molecule has 1 aromatic heterocycles. The monoisotopic (exact) mass is 245 g/mol. The fourth-order valence-electron chi connectivity index (χ4n) is 1.77. The molecule has 2 rings (SSSR count). The van der Waals surface area contributed by atoms with Crippen molar-refractivity contribution in [2.24, 2.45) is 0 Å². The smallest absolute Gasteiger partial charge is 0.128 e. The van der Waals surface area contributed by atoms with E-state index in [1.165, 1.54) is 6.07 Å². The van der Waals surface area contributed by atoms with Crippen molar-refractivity contribution in [2.75, 3.05) is 11.1 Å². The Kier molecular flexibility index (Phi) is 3.46. The van der Waals surface area contributed by atoms with E-state index in [1.54, 1.807) is 18.3 Å². The first kappa shape index (κ1) is 12.4. The molecule has 0 aliphatic carbocycles. The van der Waals surface area contributed by atoms with Gasteiger partial charge in [-0.3, -0.25) is 0 Å². The zero-order chi connectivity index (χ0) is 13.1. The van der Waals surface area contributed by atoms with E-state index in [1.807, 2.05) is 26.0 Å². The third kappa shape index (κ3) is 2.59. The Morgan fingerprint density at radius 2 is 2.06 bits per heavy atom. The average Bonchev–Trinajstić information content (AvgIpc) is 2.34. The number of aromatic nitrogens is 1. The molecule has 0 bridgehead atoms. The van der Waals surface area contributed by atoms with Crippen molar-refractivity contribution >= 4 is 11.5 Å². The first-order valence-corrected chi connectivity index (χ1v) is 5.81. The highest BCUT2D eigenvalue weighted by molar-refractivity contribution is 5.51. The zero-order valence-electron chi connectivity index (χ0n) is 10.4. The van der Waals surface area contributed by atoms with Crippen LogP contribution in [0, 0.1) is 12.7 Å². The fraction of sp³-hybridized carbons (Fsp3) is 0.214. The first-order valence-electron chi connectivity index (χ1n) is 5.81. The Labute approximate surface area is 106 Å². The van der Waals surface area contributed by atoms with Crippen LogP contribution >= 0.6 is 0 Å². The third-order valence-corrected chi connectivity index (χ3v) is 2.89. The molecule has 4 heteroatoms. The lowest BCUT2D eigenvalue weighted by molar-refractivity contribution is 0.600. The molecule has 0 saturated carbocycles. The van der Waals surface area contributed by atoms with Gasteiger partial charge in [-0.25, -0.2) is 9.37 Å². The van der Waals surface area contributed by atoms with E-state index in [-0.39, 0.29) is 11.9 Å². The molecule has 0 aliphatic rings. The predicted octanol–water partition coefficient (Wildman–Crippen LogP) is 3.28. The molecule has 18 heavy (non-hydrogen) atoms. The van der Waals surface area contributed by atoms with E-state index >= 15 is 0 Å². The summed E-state index contributed by atoms with van der Waals surface area (Å²) in [5, 5.41) is 3.16. The quantitative estimate of drug-likeness (QED) is 0.872. The highest BCUT2D eigenvalue weighted by atomic mass is 19.1. The minimum Gasteiger partial charge on any atom is -0.397 e.